The molecular weight excluding hydrogens is 1190 g/mol. The van der Waals surface area contributed by atoms with Gasteiger partial charge < -0.3 is 80.7 Å². The molecular formula is C50H92I2N2O12Si4. The summed E-state index contributed by atoms with van der Waals surface area (Å²) in [5, 5.41) is 0. The number of halogens is 2. The van der Waals surface area contributed by atoms with Crippen LogP contribution in [-0.4, -0.2) is 175 Å². The summed E-state index contributed by atoms with van der Waals surface area (Å²) in [5.41, 5.74) is 1.49. The summed E-state index contributed by atoms with van der Waals surface area (Å²) in [6, 6.07) is 11.2. The van der Waals surface area contributed by atoms with Crippen LogP contribution in [0, 0.1) is 0 Å². The van der Waals surface area contributed by atoms with Crippen molar-refractivity contribution >= 4 is 79.0 Å². The molecule has 0 amide bonds. The van der Waals surface area contributed by atoms with Crippen molar-refractivity contribution in [3.8, 4) is 34.5 Å². The zero-order valence-electron chi connectivity index (χ0n) is 46.7. The first-order valence-corrected chi connectivity index (χ1v) is 39.9. The van der Waals surface area contributed by atoms with Gasteiger partial charge in [0.05, 0.1) is 77.0 Å². The lowest BCUT2D eigenvalue weighted by atomic mass is 10.1. The molecule has 0 fully saturated rings. The van der Waals surface area contributed by atoms with E-state index in [1.54, 1.807) is 64.9 Å². The summed E-state index contributed by atoms with van der Waals surface area (Å²) in [7, 11) is 11.9. The van der Waals surface area contributed by atoms with Gasteiger partial charge in [-0.05, 0) is 96.9 Å². The number of esters is 2. The second-order valence-corrected chi connectivity index (χ2v) is 43.5. The van der Waals surface area contributed by atoms with Crippen LogP contribution >= 0.6 is 22.6 Å². The van der Waals surface area contributed by atoms with Crippen LogP contribution in [0.15, 0.2) is 36.4 Å². The van der Waals surface area contributed by atoms with E-state index in [1.165, 1.54) is 12.2 Å². The third-order valence-corrected chi connectivity index (χ3v) is 19.9. The van der Waals surface area contributed by atoms with E-state index in [2.05, 4.69) is 128 Å². The molecule has 0 aliphatic rings. The Kier molecular flexibility index (Phi) is 35.1. The van der Waals surface area contributed by atoms with Crippen molar-refractivity contribution in [1.29, 1.82) is 0 Å². The number of benzene rings is 2. The minimum absolute atomic E-state index is 0. The molecule has 0 spiro atoms. The van der Waals surface area contributed by atoms with Gasteiger partial charge in [0, 0.05) is 41.5 Å². The molecule has 0 heterocycles. The first-order chi connectivity index (χ1) is 32.0. The number of hydrogen-bond acceptors (Lipinski definition) is 13. The minimum Gasteiger partial charge on any atom is -1.00 e. The molecule has 0 atom stereocenters. The van der Waals surface area contributed by atoms with E-state index in [4.69, 9.17) is 47.4 Å². The topological polar surface area (TPSA) is 130 Å². The Morgan fingerprint density at radius 2 is 0.886 bits per heavy atom. The van der Waals surface area contributed by atoms with Crippen LogP contribution < -0.4 is 52.4 Å². The fraction of sp³-hybridized carbons (Fsp3) is 0.640. The fourth-order valence-corrected chi connectivity index (χ4v) is 14.4. The molecule has 70 heavy (non-hydrogen) atoms. The molecule has 14 nitrogen and oxygen atoms in total. The lowest BCUT2D eigenvalue weighted by Gasteiger charge is -2.32. The molecule has 0 N–H and O–H groups in total. The maximum Gasteiger partial charge on any atom is 0.330 e. The van der Waals surface area contributed by atoms with Crippen molar-refractivity contribution < 1.29 is 85.4 Å². The van der Waals surface area contributed by atoms with E-state index in [1.807, 2.05) is 4.93 Å². The van der Waals surface area contributed by atoms with Crippen molar-refractivity contribution in [2.24, 2.45) is 0 Å². The third kappa shape index (κ3) is 33.5. The molecule has 404 valence electrons. The lowest BCUT2D eigenvalue weighted by molar-refractivity contribution is -0.860. The van der Waals surface area contributed by atoms with Gasteiger partial charge in [0.25, 0.3) is 0 Å². The van der Waals surface area contributed by atoms with Crippen LogP contribution in [0.2, 0.25) is 89.6 Å². The number of alkyl halides is 1. The Morgan fingerprint density at radius 3 is 1.17 bits per heavy atom. The van der Waals surface area contributed by atoms with Gasteiger partial charge in [-0.2, -0.15) is 0 Å². The highest BCUT2D eigenvalue weighted by Gasteiger charge is 2.29. The number of quaternary nitrogens is 1. The van der Waals surface area contributed by atoms with Crippen LogP contribution in [0.25, 0.3) is 12.2 Å². The predicted octanol–water partition coefficient (Wildman–Crippen LogP) is 7.72. The van der Waals surface area contributed by atoms with Crippen LogP contribution in [0.5, 0.6) is 34.5 Å². The maximum absolute atomic E-state index is 12.2. The molecule has 2 aromatic rings. The Bertz CT molecular complexity index is 1820. The predicted molar refractivity (Wildman–Crippen MR) is 304 cm³/mol. The Hall–Kier alpha value is -2.17. The normalized spacial score (nSPS) is 12.0. The molecule has 2 rings (SSSR count). The van der Waals surface area contributed by atoms with Gasteiger partial charge in [-0.15, -0.1) is 0 Å². The SMILES string of the molecule is CI.COc1cc(/C=C/C(=O)OCC[Si](C)(C)CN(C)C)cc(OC)c1OCOCC[Si](C)(C)C.COc1cc(/C=C/C(=O)OCC[Si](C)(C)C[N+](C)(C)C)cc(OC)c1OCOCC[Si](C)(C)C.[I-]. The average molecular weight is 1280 g/mol. The number of nitrogens with zero attached hydrogens (tertiary/aromatic N) is 2. The molecule has 0 aliphatic heterocycles. The van der Waals surface area contributed by atoms with Crippen molar-refractivity contribution in [2.45, 2.75) is 89.6 Å². The molecule has 0 aliphatic carbocycles. The summed E-state index contributed by atoms with van der Waals surface area (Å²) in [5.74, 6) is 2.26. The Balaban J connectivity index is 0. The third-order valence-electron chi connectivity index (χ3n) is 10.0. The van der Waals surface area contributed by atoms with E-state index in [-0.39, 0.29) is 49.5 Å². The van der Waals surface area contributed by atoms with E-state index >= 15 is 0 Å². The zero-order valence-corrected chi connectivity index (χ0v) is 55.0. The monoisotopic (exact) mass is 1280 g/mol. The van der Waals surface area contributed by atoms with Crippen LogP contribution in [-0.2, 0) is 28.5 Å². The van der Waals surface area contributed by atoms with Crippen LogP contribution in [0.1, 0.15) is 11.1 Å². The van der Waals surface area contributed by atoms with Crippen LogP contribution in [0.3, 0.4) is 0 Å². The largest absolute Gasteiger partial charge is 1.00 e. The standard InChI is InChI=1S/C25H46NO6Si2.C24H43NO6Si2.CH3I.HI/c1-26(2,3)19-34(9,10)16-14-31-24(27)12-11-21-17-22(28-4)25(23(18-21)29-5)32-20-30-13-15-33(6,7)8;1-25(2)18-33(8,9)15-13-30-23(26)11-10-20-16-21(27-3)24(22(17-20)28-4)31-19-29-12-14-32(5,6)7;1-2;/h11-12,17-18H,13-16,19-20H2,1-10H3;10-11,16-17H,12-15,18-19H2,1-9H3;1H3;1H/q+1;;;/p-1/b12-11+;11-10+;;. The number of carbonyl (C=O) groups excluding carboxylic acids is 2. The van der Waals surface area contributed by atoms with Gasteiger partial charge in [-0.3, -0.25) is 0 Å². The van der Waals surface area contributed by atoms with Gasteiger partial charge in [-0.25, -0.2) is 9.59 Å². The average Bonchev–Trinajstić information content (AvgIpc) is 3.23. The van der Waals surface area contributed by atoms with E-state index in [9.17, 15) is 9.59 Å². The molecule has 0 radical (unpaired) electrons. The number of rotatable bonds is 30. The van der Waals surface area contributed by atoms with Gasteiger partial charge in [0.15, 0.2) is 36.6 Å². The van der Waals surface area contributed by atoms with Crippen LogP contribution in [0.4, 0.5) is 0 Å². The van der Waals surface area contributed by atoms with Crippen molar-refractivity contribution in [3.05, 3.63) is 47.5 Å². The molecule has 0 saturated heterocycles. The first-order valence-electron chi connectivity index (χ1n) is 23.5. The Labute approximate surface area is 458 Å². The van der Waals surface area contributed by atoms with E-state index < -0.39 is 32.3 Å². The number of carbonyl (C=O) groups is 2. The lowest BCUT2D eigenvalue weighted by Crippen LogP contribution is -3.00. The summed E-state index contributed by atoms with van der Waals surface area (Å²) in [6.45, 7) is 25.5. The highest BCUT2D eigenvalue weighted by molar-refractivity contribution is 14.1. The number of ether oxygens (including phenoxy) is 10. The quantitative estimate of drug-likeness (QED) is 0.0111. The fourth-order valence-electron chi connectivity index (χ4n) is 6.93. The van der Waals surface area contributed by atoms with E-state index in [0.717, 1.165) is 52.1 Å². The second-order valence-electron chi connectivity index (χ2n) is 22.0. The minimum atomic E-state index is -1.43. The molecule has 0 saturated carbocycles. The molecule has 0 aromatic heterocycles. The van der Waals surface area contributed by atoms with Gasteiger partial charge in [-0.1, -0.05) is 88.1 Å². The van der Waals surface area contributed by atoms with Crippen molar-refractivity contribution in [3.63, 3.8) is 0 Å². The van der Waals surface area contributed by atoms with Gasteiger partial charge in [0.2, 0.25) is 11.5 Å². The smallest absolute Gasteiger partial charge is 0.330 e. The highest BCUT2D eigenvalue weighted by Crippen LogP contribution is 2.40. The summed E-state index contributed by atoms with van der Waals surface area (Å²) < 4.78 is 56.6. The number of hydrogen-bond donors (Lipinski definition) is 0. The molecule has 0 unspecified atom stereocenters. The number of methoxy groups -OCH3 is 4. The summed E-state index contributed by atoms with van der Waals surface area (Å²) >= 11 is 2.15. The van der Waals surface area contributed by atoms with Gasteiger partial charge in [0.1, 0.15) is 8.07 Å². The first kappa shape index (κ1) is 69.9. The Morgan fingerprint density at radius 1 is 0.557 bits per heavy atom. The summed E-state index contributed by atoms with van der Waals surface area (Å²) in [6.07, 6.45) is 8.44. The molecule has 0 bridgehead atoms. The second kappa shape index (κ2) is 35.1. The molecule has 20 heteroatoms. The maximum atomic E-state index is 12.2. The van der Waals surface area contributed by atoms with Crippen molar-refractivity contribution in [1.82, 2.24) is 4.90 Å². The molecule has 2 aromatic carbocycles. The van der Waals surface area contributed by atoms with E-state index in [0.29, 0.717) is 60.9 Å². The van der Waals surface area contributed by atoms with Crippen molar-refractivity contribution in [2.75, 3.05) is 121 Å². The zero-order chi connectivity index (χ0) is 53.1. The highest BCUT2D eigenvalue weighted by atomic mass is 127. The van der Waals surface area contributed by atoms with Gasteiger partial charge >= 0.3 is 11.9 Å². The summed E-state index contributed by atoms with van der Waals surface area (Å²) in [4.78, 5) is 28.6.